The van der Waals surface area contributed by atoms with Gasteiger partial charge in [0.15, 0.2) is 6.17 Å². The van der Waals surface area contributed by atoms with Gasteiger partial charge in [-0.25, -0.2) is 18.0 Å². The van der Waals surface area contributed by atoms with Crippen LogP contribution in [0, 0.1) is 22.7 Å². The van der Waals surface area contributed by atoms with Gasteiger partial charge < -0.3 is 24.4 Å². The first-order chi connectivity index (χ1) is 24.8. The Morgan fingerprint density at radius 2 is 1.75 bits per heavy atom. The van der Waals surface area contributed by atoms with Crippen LogP contribution in [-0.2, 0) is 33.8 Å². The third kappa shape index (κ3) is 11.2. The van der Waals surface area contributed by atoms with Crippen molar-refractivity contribution in [2.75, 3.05) is 39.2 Å². The van der Waals surface area contributed by atoms with Crippen LogP contribution in [0.1, 0.15) is 75.6 Å². The minimum atomic E-state index is -3.83. The van der Waals surface area contributed by atoms with Gasteiger partial charge in [-0.05, 0) is 82.5 Å². The summed E-state index contributed by atoms with van der Waals surface area (Å²) in [5.41, 5.74) is -1.04. The Kier molecular flexibility index (Phi) is 15.9. The molecule has 52 heavy (non-hydrogen) atoms. The van der Waals surface area contributed by atoms with Crippen molar-refractivity contribution >= 4 is 39.6 Å². The number of para-hydroxylation sites is 1. The first-order valence-electron chi connectivity index (χ1n) is 17.7. The summed E-state index contributed by atoms with van der Waals surface area (Å²) >= 11 is 0. The molecule has 0 bridgehead atoms. The second-order valence-corrected chi connectivity index (χ2v) is 15.2. The largest absolute Gasteiger partial charge is 0.462 e. The van der Waals surface area contributed by atoms with Gasteiger partial charge in [-0.3, -0.25) is 14.9 Å². The van der Waals surface area contributed by atoms with Gasteiger partial charge in [0.2, 0.25) is 21.8 Å². The number of hydrogen-bond acceptors (Lipinski definition) is 11. The number of benzene rings is 1. The number of sulfonamides is 1. The van der Waals surface area contributed by atoms with Crippen LogP contribution in [0.2, 0.25) is 0 Å². The zero-order valence-electron chi connectivity index (χ0n) is 30.5. The lowest BCUT2D eigenvalue weighted by Crippen LogP contribution is -2.56. The van der Waals surface area contributed by atoms with Crippen LogP contribution in [0.5, 0.6) is 0 Å². The zero-order valence-corrected chi connectivity index (χ0v) is 31.3. The maximum absolute atomic E-state index is 14.0. The number of ether oxygens (including phenoxy) is 3. The maximum atomic E-state index is 14.0. The van der Waals surface area contributed by atoms with E-state index in [9.17, 15) is 32.5 Å². The average molecular weight is 748 g/mol. The Labute approximate surface area is 306 Å². The third-order valence-corrected chi connectivity index (χ3v) is 11.4. The van der Waals surface area contributed by atoms with Crippen molar-refractivity contribution in [3.63, 3.8) is 0 Å². The molecule has 3 aliphatic rings. The highest BCUT2D eigenvalue weighted by molar-refractivity contribution is 7.90. The molecule has 2 unspecified atom stereocenters. The van der Waals surface area contributed by atoms with Crippen molar-refractivity contribution < 1.29 is 41.8 Å². The second-order valence-electron chi connectivity index (χ2n) is 13.2. The number of allylic oxidation sites excluding steroid dienone is 1. The molecular weight excluding hydrogens is 694 g/mol. The highest BCUT2D eigenvalue weighted by Crippen LogP contribution is 2.49. The number of rotatable bonds is 19. The molecule has 0 aliphatic heterocycles. The van der Waals surface area contributed by atoms with E-state index in [4.69, 9.17) is 9.47 Å². The van der Waals surface area contributed by atoms with Gasteiger partial charge in [0.05, 0.1) is 40.5 Å². The lowest BCUT2D eigenvalue weighted by molar-refractivity contribution is -0.140. The van der Waals surface area contributed by atoms with Crippen LogP contribution in [0.4, 0.5) is 10.5 Å². The Morgan fingerprint density at radius 3 is 2.33 bits per heavy atom. The molecule has 288 valence electrons. The van der Waals surface area contributed by atoms with Crippen molar-refractivity contribution in [2.45, 2.75) is 88.3 Å². The van der Waals surface area contributed by atoms with Gasteiger partial charge in [0, 0.05) is 33.2 Å². The van der Waals surface area contributed by atoms with Gasteiger partial charge in [-0.1, -0.05) is 24.3 Å². The van der Waals surface area contributed by atoms with Gasteiger partial charge in [0.1, 0.15) is 6.10 Å². The molecule has 3 aliphatic carbocycles. The molecule has 3 saturated carbocycles. The number of unbranched alkanes of at least 4 members (excludes halogenated alkanes) is 2. The summed E-state index contributed by atoms with van der Waals surface area (Å²) in [4.78, 5) is 66.6. The fourth-order valence-electron chi connectivity index (χ4n) is 6.25. The number of anilines is 1. The van der Waals surface area contributed by atoms with Gasteiger partial charge >= 0.3 is 12.1 Å². The summed E-state index contributed by atoms with van der Waals surface area (Å²) in [5, 5.41) is 7.86. The van der Waals surface area contributed by atoms with E-state index in [1.807, 2.05) is 6.92 Å². The van der Waals surface area contributed by atoms with E-state index in [-0.39, 0.29) is 43.0 Å². The van der Waals surface area contributed by atoms with Crippen LogP contribution in [0.15, 0.2) is 54.8 Å². The molecule has 3 amide bonds. The average Bonchev–Trinajstić information content (AvgIpc) is 4.06. The number of hydrogen-bond donors (Lipinski definition) is 3. The molecule has 0 radical (unpaired) electrons. The smallest absolute Gasteiger partial charge is 0.411 e. The standard InChI is InChI=1S/C33H45N5O9S.C3H8O/c1-5-8-9-12-17-38(4)29(40)26-19-22(47-32(42)34-27-14-11-10-13-24(27)30(41)46-7-3)18-25(26)28(39)35-33(20-21(33)6-2)31(36-43)37-48(44,45)23-15-16-23;1-3-4-2/h5-6,10-11,13-14,21-23,25-26,31,37H,1-2,7-9,12,15-20H2,3-4H3,(H,34,42)(H,35,39);3H2,1-2H3/t21-,22-,25?,26-,31?,33-;/m1./s1. The molecule has 1 aromatic rings. The Bertz CT molecular complexity index is 1550. The number of carbonyl (C=O) groups is 4. The minimum absolute atomic E-state index is 0.0126. The lowest BCUT2D eigenvalue weighted by Gasteiger charge is -2.28. The molecule has 16 heteroatoms. The number of nitrogens with zero attached hydrogens (tertiary/aromatic N) is 2. The van der Waals surface area contributed by atoms with Crippen LogP contribution in [0.3, 0.4) is 0 Å². The van der Waals surface area contributed by atoms with E-state index in [0.29, 0.717) is 19.4 Å². The summed E-state index contributed by atoms with van der Waals surface area (Å²) in [6.07, 6.45) is 3.67. The number of carbonyl (C=O) groups excluding carboxylic acids is 4. The summed E-state index contributed by atoms with van der Waals surface area (Å²) in [5.74, 6) is -3.79. The van der Waals surface area contributed by atoms with Crippen molar-refractivity contribution in [3.05, 3.63) is 60.0 Å². The molecule has 3 fully saturated rings. The first-order valence-corrected chi connectivity index (χ1v) is 19.2. The molecule has 0 heterocycles. The number of methoxy groups -OCH3 is 1. The highest BCUT2D eigenvalue weighted by Gasteiger charge is 2.62. The number of amides is 3. The Morgan fingerprint density at radius 1 is 1.08 bits per heavy atom. The normalized spacial score (nSPS) is 23.8. The number of nitroso groups, excluding NO2 is 1. The van der Waals surface area contributed by atoms with Crippen LogP contribution < -0.4 is 15.4 Å². The van der Waals surface area contributed by atoms with Crippen molar-refractivity contribution in [1.82, 2.24) is 14.9 Å². The predicted octanol–water partition coefficient (Wildman–Crippen LogP) is 4.51. The monoisotopic (exact) mass is 747 g/mol. The molecule has 0 spiro atoms. The van der Waals surface area contributed by atoms with E-state index < -0.39 is 68.8 Å². The van der Waals surface area contributed by atoms with E-state index in [2.05, 4.69) is 38.4 Å². The molecule has 4 rings (SSSR count). The molecule has 0 saturated heterocycles. The molecular formula is C36H53N5O10S. The second kappa shape index (κ2) is 19.6. The highest BCUT2D eigenvalue weighted by atomic mass is 32.2. The molecule has 6 atom stereocenters. The topological polar surface area (TPSA) is 199 Å². The van der Waals surface area contributed by atoms with E-state index in [1.54, 1.807) is 44.2 Å². The van der Waals surface area contributed by atoms with E-state index in [0.717, 1.165) is 25.9 Å². The Balaban J connectivity index is 0.00000173. The third-order valence-electron chi connectivity index (χ3n) is 9.45. The molecule has 0 aromatic heterocycles. The van der Waals surface area contributed by atoms with Gasteiger partial charge in [0.25, 0.3) is 0 Å². The van der Waals surface area contributed by atoms with Crippen molar-refractivity contribution in [1.29, 1.82) is 0 Å². The van der Waals surface area contributed by atoms with Crippen LogP contribution in [-0.4, -0.2) is 94.2 Å². The quantitative estimate of drug-likeness (QED) is 0.0783. The first kappa shape index (κ1) is 42.3. The molecule has 15 nitrogen and oxygen atoms in total. The zero-order chi connectivity index (χ0) is 38.5. The summed E-state index contributed by atoms with van der Waals surface area (Å²) in [7, 11) is -0.499. The minimum Gasteiger partial charge on any atom is -0.462 e. The van der Waals surface area contributed by atoms with E-state index >= 15 is 0 Å². The van der Waals surface area contributed by atoms with Crippen LogP contribution >= 0.6 is 0 Å². The van der Waals surface area contributed by atoms with Crippen molar-refractivity contribution in [2.24, 2.45) is 22.9 Å². The van der Waals surface area contributed by atoms with Crippen LogP contribution in [0.25, 0.3) is 0 Å². The van der Waals surface area contributed by atoms with Crippen molar-refractivity contribution in [3.8, 4) is 0 Å². The SMILES string of the molecule is C=CCCCCN(C)C(=O)[C@@H]1C[C@H](OC(=O)Nc2ccccc2C(=O)OCC)CC1C(=O)N[C@]1(C(N=O)NS(=O)(=O)C2CC2)C[C@H]1C=C.CCOC. The van der Waals surface area contributed by atoms with Gasteiger partial charge in [-0.15, -0.1) is 18.1 Å². The number of esters is 1. The summed E-state index contributed by atoms with van der Waals surface area (Å²) in [6, 6.07) is 6.27. The molecule has 3 N–H and O–H groups in total. The summed E-state index contributed by atoms with van der Waals surface area (Å²) < 4.78 is 43.1. The maximum Gasteiger partial charge on any atom is 0.411 e. The van der Waals surface area contributed by atoms with Gasteiger partial charge in [-0.2, -0.15) is 4.72 Å². The Hall–Kier alpha value is -4.15. The molecule has 1 aromatic carbocycles. The van der Waals surface area contributed by atoms with E-state index in [1.165, 1.54) is 18.2 Å². The fourth-order valence-corrected chi connectivity index (χ4v) is 7.76. The lowest BCUT2D eigenvalue weighted by atomic mass is 9.93. The predicted molar refractivity (Wildman–Crippen MR) is 196 cm³/mol. The summed E-state index contributed by atoms with van der Waals surface area (Å²) in [6.45, 7) is 12.5. The fraction of sp³-hybridized carbons (Fsp3) is 0.611. The number of nitrogens with one attached hydrogen (secondary N) is 3.